The number of nitrogens with zero attached hydrogens (tertiary/aromatic N) is 1. The zero-order valence-electron chi connectivity index (χ0n) is 10.7. The molecule has 1 aromatic carbocycles. The average molecular weight is 302 g/mol. The quantitative estimate of drug-likeness (QED) is 0.777. The van der Waals surface area contributed by atoms with E-state index in [-0.39, 0.29) is 0 Å². The monoisotopic (exact) mass is 301 g/mol. The van der Waals surface area contributed by atoms with Gasteiger partial charge in [-0.3, -0.25) is 9.69 Å². The molecule has 1 aromatic rings. The summed E-state index contributed by atoms with van der Waals surface area (Å²) in [6.07, 6.45) is 4.53. The Balaban J connectivity index is 1.93. The molecule has 104 valence electrons. The molecule has 0 amide bonds. The number of rotatable bonds is 5. The molecular formula is C14H17Cl2NO2. The maximum absolute atomic E-state index is 11.0. The van der Waals surface area contributed by atoms with Gasteiger partial charge in [0, 0.05) is 11.6 Å². The van der Waals surface area contributed by atoms with E-state index in [1.165, 1.54) is 19.3 Å². The zero-order chi connectivity index (χ0) is 13.7. The van der Waals surface area contributed by atoms with Crippen LogP contribution in [0, 0.1) is 0 Å². The summed E-state index contributed by atoms with van der Waals surface area (Å²) >= 11 is 11.9. The molecule has 0 spiro atoms. The molecule has 0 saturated carbocycles. The van der Waals surface area contributed by atoms with Crippen molar-refractivity contribution >= 4 is 29.5 Å². The van der Waals surface area contributed by atoms with Gasteiger partial charge in [-0.2, -0.15) is 0 Å². The molecule has 0 N–H and O–H groups in total. The standard InChI is InChI=1S/C14H17Cl2NO2/c15-12-8-11(10-18)14(13(16)9-12)19-7-6-17-4-2-1-3-5-17/h8-10H,1-7H2. The molecule has 0 bridgehead atoms. The van der Waals surface area contributed by atoms with E-state index < -0.39 is 0 Å². The highest BCUT2D eigenvalue weighted by atomic mass is 35.5. The molecule has 0 aromatic heterocycles. The van der Waals surface area contributed by atoms with Crippen molar-refractivity contribution in [1.82, 2.24) is 4.90 Å². The number of carbonyl (C=O) groups excluding carboxylic acids is 1. The van der Waals surface area contributed by atoms with Crippen LogP contribution in [0.25, 0.3) is 0 Å². The summed E-state index contributed by atoms with van der Waals surface area (Å²) in [4.78, 5) is 13.4. The number of hydrogen-bond donors (Lipinski definition) is 0. The second-order valence-electron chi connectivity index (χ2n) is 4.67. The lowest BCUT2D eigenvalue weighted by atomic mass is 10.1. The Labute approximate surface area is 123 Å². The van der Waals surface area contributed by atoms with Crippen molar-refractivity contribution in [2.24, 2.45) is 0 Å². The smallest absolute Gasteiger partial charge is 0.153 e. The van der Waals surface area contributed by atoms with Gasteiger partial charge >= 0.3 is 0 Å². The Morgan fingerprint density at radius 2 is 1.95 bits per heavy atom. The van der Waals surface area contributed by atoms with Gasteiger partial charge in [0.2, 0.25) is 0 Å². The molecular weight excluding hydrogens is 285 g/mol. The maximum atomic E-state index is 11.0. The first kappa shape index (κ1) is 14.6. The number of aldehydes is 1. The first-order chi connectivity index (χ1) is 9.20. The third-order valence-electron chi connectivity index (χ3n) is 3.27. The van der Waals surface area contributed by atoms with Crippen LogP contribution < -0.4 is 4.74 Å². The molecule has 1 aliphatic rings. The number of ether oxygens (including phenoxy) is 1. The minimum Gasteiger partial charge on any atom is -0.490 e. The molecule has 1 aliphatic heterocycles. The normalized spacial score (nSPS) is 16.3. The third kappa shape index (κ3) is 4.10. The molecule has 1 saturated heterocycles. The van der Waals surface area contributed by atoms with Gasteiger partial charge in [-0.15, -0.1) is 0 Å². The van der Waals surface area contributed by atoms with E-state index in [4.69, 9.17) is 27.9 Å². The van der Waals surface area contributed by atoms with Crippen LogP contribution in [0.4, 0.5) is 0 Å². The lowest BCUT2D eigenvalue weighted by Crippen LogP contribution is -2.33. The zero-order valence-corrected chi connectivity index (χ0v) is 12.2. The van der Waals surface area contributed by atoms with Crippen LogP contribution in [0.2, 0.25) is 10.0 Å². The van der Waals surface area contributed by atoms with Crippen LogP contribution in [0.1, 0.15) is 29.6 Å². The fraction of sp³-hybridized carbons (Fsp3) is 0.500. The summed E-state index contributed by atoms with van der Waals surface area (Å²) in [6, 6.07) is 3.16. The second-order valence-corrected chi connectivity index (χ2v) is 5.52. The predicted molar refractivity (Wildman–Crippen MR) is 77.6 cm³/mol. The van der Waals surface area contributed by atoms with Crippen LogP contribution >= 0.6 is 23.2 Å². The van der Waals surface area contributed by atoms with E-state index in [0.717, 1.165) is 19.6 Å². The van der Waals surface area contributed by atoms with Gasteiger partial charge in [-0.25, -0.2) is 0 Å². The molecule has 0 atom stereocenters. The number of hydrogen-bond acceptors (Lipinski definition) is 3. The predicted octanol–water partition coefficient (Wildman–Crippen LogP) is 3.67. The van der Waals surface area contributed by atoms with E-state index in [0.29, 0.717) is 34.3 Å². The third-order valence-corrected chi connectivity index (χ3v) is 3.77. The minimum atomic E-state index is 0.383. The number of likely N-dealkylation sites (tertiary alicyclic amines) is 1. The highest BCUT2D eigenvalue weighted by Crippen LogP contribution is 2.31. The summed E-state index contributed by atoms with van der Waals surface area (Å²) in [7, 11) is 0. The fourth-order valence-corrected chi connectivity index (χ4v) is 2.84. The minimum absolute atomic E-state index is 0.383. The first-order valence-corrected chi connectivity index (χ1v) is 7.25. The van der Waals surface area contributed by atoms with Crippen molar-refractivity contribution in [1.29, 1.82) is 0 Å². The number of carbonyl (C=O) groups is 1. The molecule has 0 radical (unpaired) electrons. The summed E-state index contributed by atoms with van der Waals surface area (Å²) in [6.45, 7) is 3.63. The first-order valence-electron chi connectivity index (χ1n) is 6.50. The van der Waals surface area contributed by atoms with Gasteiger partial charge in [-0.1, -0.05) is 29.6 Å². The van der Waals surface area contributed by atoms with E-state index in [1.807, 2.05) is 0 Å². The van der Waals surface area contributed by atoms with Crippen LogP contribution in [0.15, 0.2) is 12.1 Å². The van der Waals surface area contributed by atoms with Crippen LogP contribution in [-0.2, 0) is 0 Å². The number of piperidine rings is 1. The van der Waals surface area contributed by atoms with Gasteiger partial charge < -0.3 is 4.74 Å². The van der Waals surface area contributed by atoms with E-state index >= 15 is 0 Å². The largest absolute Gasteiger partial charge is 0.490 e. The van der Waals surface area contributed by atoms with Crippen molar-refractivity contribution in [2.45, 2.75) is 19.3 Å². The Morgan fingerprint density at radius 1 is 1.21 bits per heavy atom. The lowest BCUT2D eigenvalue weighted by Gasteiger charge is -2.26. The molecule has 3 nitrogen and oxygen atoms in total. The van der Waals surface area contributed by atoms with Gasteiger partial charge in [0.15, 0.2) is 6.29 Å². The topological polar surface area (TPSA) is 29.5 Å². The Kier molecular flexibility index (Phi) is 5.49. The lowest BCUT2D eigenvalue weighted by molar-refractivity contribution is 0.111. The summed E-state index contributed by atoms with van der Waals surface area (Å²) in [5, 5.41) is 0.823. The molecule has 0 aliphatic carbocycles. The van der Waals surface area contributed by atoms with Crippen LogP contribution in [0.3, 0.4) is 0 Å². The number of benzene rings is 1. The second kappa shape index (κ2) is 7.13. The Bertz CT molecular complexity index is 445. The molecule has 1 fully saturated rings. The van der Waals surface area contributed by atoms with Gasteiger partial charge in [0.25, 0.3) is 0 Å². The van der Waals surface area contributed by atoms with Gasteiger partial charge in [0.1, 0.15) is 12.4 Å². The fourth-order valence-electron chi connectivity index (χ4n) is 2.28. The summed E-state index contributed by atoms with van der Waals surface area (Å²) in [5.41, 5.74) is 0.399. The van der Waals surface area contributed by atoms with E-state index in [2.05, 4.69) is 4.90 Å². The molecule has 0 unspecified atom stereocenters. The van der Waals surface area contributed by atoms with Crippen molar-refractivity contribution in [3.8, 4) is 5.75 Å². The van der Waals surface area contributed by atoms with Gasteiger partial charge in [-0.05, 0) is 38.1 Å². The SMILES string of the molecule is O=Cc1cc(Cl)cc(Cl)c1OCCN1CCCCC1. The Morgan fingerprint density at radius 3 is 2.63 bits per heavy atom. The van der Waals surface area contributed by atoms with Crippen molar-refractivity contribution < 1.29 is 9.53 Å². The number of halogens is 2. The van der Waals surface area contributed by atoms with Crippen molar-refractivity contribution in [2.75, 3.05) is 26.2 Å². The molecule has 1 heterocycles. The molecule has 2 rings (SSSR count). The van der Waals surface area contributed by atoms with E-state index in [1.54, 1.807) is 12.1 Å². The summed E-state index contributed by atoms with van der Waals surface area (Å²) < 4.78 is 5.65. The maximum Gasteiger partial charge on any atom is 0.153 e. The molecule has 19 heavy (non-hydrogen) atoms. The Hall–Kier alpha value is -0.770. The van der Waals surface area contributed by atoms with Crippen LogP contribution in [-0.4, -0.2) is 37.4 Å². The van der Waals surface area contributed by atoms with E-state index in [9.17, 15) is 4.79 Å². The van der Waals surface area contributed by atoms with Crippen molar-refractivity contribution in [3.63, 3.8) is 0 Å². The van der Waals surface area contributed by atoms with Crippen LogP contribution in [0.5, 0.6) is 5.75 Å². The highest BCUT2D eigenvalue weighted by Gasteiger charge is 2.13. The van der Waals surface area contributed by atoms with Crippen molar-refractivity contribution in [3.05, 3.63) is 27.7 Å². The summed E-state index contributed by atoms with van der Waals surface area (Å²) in [5.74, 6) is 0.429. The highest BCUT2D eigenvalue weighted by molar-refractivity contribution is 6.36. The van der Waals surface area contributed by atoms with Gasteiger partial charge in [0.05, 0.1) is 10.6 Å². The average Bonchev–Trinajstić information content (AvgIpc) is 2.42. The molecule has 5 heteroatoms.